The summed E-state index contributed by atoms with van der Waals surface area (Å²) in [5.41, 5.74) is 1.15. The van der Waals surface area contributed by atoms with Gasteiger partial charge in [0.1, 0.15) is 5.60 Å². The van der Waals surface area contributed by atoms with Gasteiger partial charge in [-0.25, -0.2) is 9.78 Å². The largest absolute Gasteiger partial charge is 0.444 e. The fourth-order valence-corrected chi connectivity index (χ4v) is 4.14. The lowest BCUT2D eigenvalue weighted by atomic mass is 10.2. The van der Waals surface area contributed by atoms with Crippen LogP contribution in [0, 0.1) is 0 Å². The average Bonchev–Trinajstić information content (AvgIpc) is 3.11. The molecule has 1 amide bonds. The highest BCUT2D eigenvalue weighted by Crippen LogP contribution is 2.23. The van der Waals surface area contributed by atoms with Crippen LogP contribution >= 0.6 is 0 Å². The Balaban J connectivity index is 1.69. The van der Waals surface area contributed by atoms with Crippen LogP contribution in [0.5, 0.6) is 0 Å². The molecule has 24 heavy (non-hydrogen) atoms. The number of imidazole rings is 1. The second-order valence-corrected chi connectivity index (χ2v) is 8.45. The number of amides is 1. The van der Waals surface area contributed by atoms with Crippen LogP contribution in [0.3, 0.4) is 0 Å². The van der Waals surface area contributed by atoms with Crippen molar-refractivity contribution in [1.82, 2.24) is 14.9 Å². The number of carbonyl (C=O) groups is 1. The Kier molecular flexibility index (Phi) is 4.62. The SMILES string of the molecule is CC(C)(C)OC(=O)N1CCC[C@@H]1C[S@](=O)c1nc2ccccc2[nH]1. The standard InChI is InChI=1S/C17H23N3O3S/c1-17(2,3)23-16(21)20-10-6-7-12(20)11-24(22)15-18-13-8-4-5-9-14(13)19-15/h4-5,8-9,12H,6-7,10-11H2,1-3H3,(H,18,19)/t12-,24+/m1/s1. The molecule has 0 saturated carbocycles. The molecule has 0 aliphatic carbocycles. The molecule has 0 bridgehead atoms. The van der Waals surface area contributed by atoms with E-state index in [4.69, 9.17) is 4.74 Å². The van der Waals surface area contributed by atoms with Crippen LogP contribution in [0.1, 0.15) is 33.6 Å². The summed E-state index contributed by atoms with van der Waals surface area (Å²) in [4.78, 5) is 21.5. The summed E-state index contributed by atoms with van der Waals surface area (Å²) in [5, 5.41) is 0.465. The minimum Gasteiger partial charge on any atom is -0.444 e. The van der Waals surface area contributed by atoms with Crippen LogP contribution in [-0.4, -0.2) is 49.1 Å². The lowest BCUT2D eigenvalue weighted by molar-refractivity contribution is 0.0241. The molecule has 7 heteroatoms. The molecule has 0 unspecified atom stereocenters. The number of nitrogens with zero attached hydrogens (tertiary/aromatic N) is 2. The number of rotatable bonds is 3. The minimum absolute atomic E-state index is 0.0751. The predicted molar refractivity (Wildman–Crippen MR) is 93.3 cm³/mol. The zero-order chi connectivity index (χ0) is 17.3. The number of aromatic amines is 1. The highest BCUT2D eigenvalue weighted by atomic mass is 32.2. The van der Waals surface area contributed by atoms with E-state index >= 15 is 0 Å². The quantitative estimate of drug-likeness (QED) is 0.924. The maximum atomic E-state index is 12.7. The second kappa shape index (κ2) is 6.55. The van der Waals surface area contributed by atoms with Gasteiger partial charge in [-0.05, 0) is 45.7 Å². The average molecular weight is 349 g/mol. The number of nitrogens with one attached hydrogen (secondary N) is 1. The van der Waals surface area contributed by atoms with E-state index in [-0.39, 0.29) is 12.1 Å². The number of fused-ring (bicyclic) bond motifs is 1. The summed E-state index contributed by atoms with van der Waals surface area (Å²) in [6, 6.07) is 7.53. The van der Waals surface area contributed by atoms with Gasteiger partial charge in [0.15, 0.2) is 5.16 Å². The van der Waals surface area contributed by atoms with Gasteiger partial charge in [0.05, 0.1) is 27.6 Å². The minimum atomic E-state index is -1.28. The molecule has 0 spiro atoms. The molecule has 1 aromatic heterocycles. The highest BCUT2D eigenvalue weighted by molar-refractivity contribution is 7.84. The number of carbonyl (C=O) groups excluding carboxylic acids is 1. The number of para-hydroxylation sites is 2. The molecular formula is C17H23N3O3S. The number of hydrogen-bond acceptors (Lipinski definition) is 4. The molecular weight excluding hydrogens is 326 g/mol. The third kappa shape index (κ3) is 3.77. The molecule has 1 aliphatic rings. The van der Waals surface area contributed by atoms with Crippen LogP contribution in [-0.2, 0) is 15.5 Å². The molecule has 130 valence electrons. The molecule has 1 saturated heterocycles. The number of aromatic nitrogens is 2. The number of likely N-dealkylation sites (tertiary alicyclic amines) is 1. The van der Waals surface area contributed by atoms with Crippen molar-refractivity contribution in [1.29, 1.82) is 0 Å². The molecule has 3 rings (SSSR count). The lowest BCUT2D eigenvalue weighted by Crippen LogP contribution is -2.42. The van der Waals surface area contributed by atoms with Gasteiger partial charge in [-0.15, -0.1) is 0 Å². The van der Waals surface area contributed by atoms with Gasteiger partial charge in [-0.3, -0.25) is 4.21 Å². The molecule has 1 fully saturated rings. The number of hydrogen-bond donors (Lipinski definition) is 1. The predicted octanol–water partition coefficient (Wildman–Crippen LogP) is 3.07. The normalized spacial score (nSPS) is 19.6. The zero-order valence-corrected chi connectivity index (χ0v) is 15.1. The van der Waals surface area contributed by atoms with E-state index < -0.39 is 16.4 Å². The molecule has 2 aromatic rings. The first kappa shape index (κ1) is 17.0. The smallest absolute Gasteiger partial charge is 0.410 e. The van der Waals surface area contributed by atoms with E-state index in [1.54, 1.807) is 4.90 Å². The Labute approximate surface area is 144 Å². The molecule has 1 N–H and O–H groups in total. The summed E-state index contributed by atoms with van der Waals surface area (Å²) in [6.07, 6.45) is 1.42. The maximum absolute atomic E-state index is 12.7. The third-order valence-electron chi connectivity index (χ3n) is 3.93. The van der Waals surface area contributed by atoms with E-state index in [0.29, 0.717) is 17.5 Å². The summed E-state index contributed by atoms with van der Waals surface area (Å²) < 4.78 is 18.1. The van der Waals surface area contributed by atoms with Crippen LogP contribution < -0.4 is 0 Å². The van der Waals surface area contributed by atoms with Crippen LogP contribution in [0.2, 0.25) is 0 Å². The number of ether oxygens (including phenoxy) is 1. The Morgan fingerprint density at radius 3 is 2.88 bits per heavy atom. The van der Waals surface area contributed by atoms with E-state index in [2.05, 4.69) is 9.97 Å². The Hall–Kier alpha value is -1.89. The van der Waals surface area contributed by atoms with Crippen LogP contribution in [0.15, 0.2) is 29.4 Å². The molecule has 0 radical (unpaired) electrons. The van der Waals surface area contributed by atoms with Gasteiger partial charge < -0.3 is 14.6 Å². The van der Waals surface area contributed by atoms with E-state index in [9.17, 15) is 9.00 Å². The van der Waals surface area contributed by atoms with E-state index in [0.717, 1.165) is 23.9 Å². The maximum Gasteiger partial charge on any atom is 0.410 e. The van der Waals surface area contributed by atoms with E-state index in [1.165, 1.54) is 0 Å². The van der Waals surface area contributed by atoms with Crippen molar-refractivity contribution >= 4 is 27.9 Å². The fourth-order valence-electron chi connectivity index (χ4n) is 2.86. The van der Waals surface area contributed by atoms with Crippen molar-refractivity contribution in [2.45, 2.75) is 50.4 Å². The molecule has 1 aliphatic heterocycles. The van der Waals surface area contributed by atoms with Gasteiger partial charge in [-0.2, -0.15) is 0 Å². The zero-order valence-electron chi connectivity index (χ0n) is 14.2. The van der Waals surface area contributed by atoms with Crippen LogP contribution in [0.4, 0.5) is 4.79 Å². The van der Waals surface area contributed by atoms with Gasteiger partial charge in [0.2, 0.25) is 0 Å². The molecule has 2 atom stereocenters. The molecule has 6 nitrogen and oxygen atoms in total. The fraction of sp³-hybridized carbons (Fsp3) is 0.529. The number of benzene rings is 1. The summed E-state index contributed by atoms with van der Waals surface area (Å²) in [5.74, 6) is 0.374. The van der Waals surface area contributed by atoms with Crippen LogP contribution in [0.25, 0.3) is 11.0 Å². The third-order valence-corrected chi connectivity index (χ3v) is 5.24. The van der Waals surface area contributed by atoms with Gasteiger partial charge in [0, 0.05) is 12.6 Å². The van der Waals surface area contributed by atoms with Crippen molar-refractivity contribution in [3.05, 3.63) is 24.3 Å². The molecule has 1 aromatic carbocycles. The highest BCUT2D eigenvalue weighted by Gasteiger charge is 2.33. The summed E-state index contributed by atoms with van der Waals surface area (Å²) in [7, 11) is -1.28. The van der Waals surface area contributed by atoms with Gasteiger partial charge >= 0.3 is 6.09 Å². The van der Waals surface area contributed by atoms with Gasteiger partial charge in [-0.1, -0.05) is 12.1 Å². The Bertz CT molecular complexity index is 733. The summed E-state index contributed by atoms with van der Waals surface area (Å²) >= 11 is 0. The Morgan fingerprint density at radius 1 is 1.42 bits per heavy atom. The van der Waals surface area contributed by atoms with Crippen molar-refractivity contribution in [2.24, 2.45) is 0 Å². The summed E-state index contributed by atoms with van der Waals surface area (Å²) in [6.45, 7) is 6.20. The monoisotopic (exact) mass is 349 g/mol. The van der Waals surface area contributed by atoms with Crippen molar-refractivity contribution in [3.8, 4) is 0 Å². The van der Waals surface area contributed by atoms with E-state index in [1.807, 2.05) is 45.0 Å². The first-order valence-corrected chi connectivity index (χ1v) is 9.48. The first-order valence-electron chi connectivity index (χ1n) is 8.16. The van der Waals surface area contributed by atoms with Crippen molar-refractivity contribution in [2.75, 3.05) is 12.3 Å². The second-order valence-electron chi connectivity index (χ2n) is 7.04. The first-order chi connectivity index (χ1) is 11.3. The topological polar surface area (TPSA) is 75.3 Å². The van der Waals surface area contributed by atoms with Gasteiger partial charge in [0.25, 0.3) is 0 Å². The van der Waals surface area contributed by atoms with Crippen molar-refractivity contribution in [3.63, 3.8) is 0 Å². The Morgan fingerprint density at radius 2 is 2.17 bits per heavy atom. The lowest BCUT2D eigenvalue weighted by Gasteiger charge is -2.28. The number of H-pyrrole nitrogens is 1. The van der Waals surface area contributed by atoms with Crippen molar-refractivity contribution < 1.29 is 13.7 Å². The molecule has 2 heterocycles.